The van der Waals surface area contributed by atoms with Crippen molar-refractivity contribution < 1.29 is 9.47 Å². The molecule has 0 unspecified atom stereocenters. The van der Waals surface area contributed by atoms with Gasteiger partial charge in [-0.25, -0.2) is 0 Å². The lowest BCUT2D eigenvalue weighted by Crippen LogP contribution is -2.30. The second-order valence-corrected chi connectivity index (χ2v) is 3.46. The predicted octanol–water partition coefficient (Wildman–Crippen LogP) is 1.35. The van der Waals surface area contributed by atoms with Gasteiger partial charge in [0.25, 0.3) is 0 Å². The number of hydrogen-bond acceptors (Lipinski definition) is 3. The Kier molecular flexibility index (Phi) is 2.59. The van der Waals surface area contributed by atoms with E-state index in [1.54, 1.807) is 7.11 Å². The van der Waals surface area contributed by atoms with Crippen molar-refractivity contribution in [2.45, 2.75) is 18.9 Å². The van der Waals surface area contributed by atoms with Crippen molar-refractivity contribution in [3.8, 4) is 11.5 Å². The highest BCUT2D eigenvalue weighted by Crippen LogP contribution is 2.36. The van der Waals surface area contributed by atoms with E-state index in [0.29, 0.717) is 6.54 Å². The topological polar surface area (TPSA) is 44.5 Å². The van der Waals surface area contributed by atoms with E-state index < -0.39 is 0 Å². The molecule has 3 heteroatoms. The maximum Gasteiger partial charge on any atom is 0.164 e. The van der Waals surface area contributed by atoms with Gasteiger partial charge in [0.05, 0.1) is 7.11 Å². The first kappa shape index (κ1) is 9.34. The number of aryl methyl sites for hydroxylation is 1. The van der Waals surface area contributed by atoms with E-state index in [1.165, 1.54) is 5.56 Å². The summed E-state index contributed by atoms with van der Waals surface area (Å²) in [7, 11) is 1.66. The van der Waals surface area contributed by atoms with Gasteiger partial charge >= 0.3 is 0 Å². The highest BCUT2D eigenvalue weighted by atomic mass is 16.5. The van der Waals surface area contributed by atoms with Crippen LogP contribution >= 0.6 is 0 Å². The third kappa shape index (κ3) is 1.55. The van der Waals surface area contributed by atoms with E-state index in [0.717, 1.165) is 24.3 Å². The van der Waals surface area contributed by atoms with Crippen LogP contribution in [0.25, 0.3) is 0 Å². The molecule has 0 radical (unpaired) electrons. The van der Waals surface area contributed by atoms with E-state index >= 15 is 0 Å². The molecule has 2 rings (SSSR count). The van der Waals surface area contributed by atoms with Gasteiger partial charge in [-0.15, -0.1) is 0 Å². The van der Waals surface area contributed by atoms with Gasteiger partial charge in [0, 0.05) is 6.54 Å². The lowest BCUT2D eigenvalue weighted by Gasteiger charge is -2.26. The third-order valence-electron chi connectivity index (χ3n) is 2.56. The van der Waals surface area contributed by atoms with Crippen LogP contribution < -0.4 is 15.2 Å². The lowest BCUT2D eigenvalue weighted by molar-refractivity contribution is 0.173. The van der Waals surface area contributed by atoms with Crippen molar-refractivity contribution in [3.63, 3.8) is 0 Å². The van der Waals surface area contributed by atoms with Gasteiger partial charge in [0.15, 0.2) is 11.5 Å². The first-order valence-electron chi connectivity index (χ1n) is 4.87. The van der Waals surface area contributed by atoms with E-state index in [1.807, 2.05) is 12.1 Å². The molecule has 0 aromatic heterocycles. The second-order valence-electron chi connectivity index (χ2n) is 3.46. The van der Waals surface area contributed by atoms with Crippen LogP contribution in [0.5, 0.6) is 11.5 Å². The van der Waals surface area contributed by atoms with Crippen LogP contribution in [-0.2, 0) is 6.42 Å². The average molecular weight is 193 g/mol. The van der Waals surface area contributed by atoms with Gasteiger partial charge < -0.3 is 15.2 Å². The zero-order valence-electron chi connectivity index (χ0n) is 8.32. The highest BCUT2D eigenvalue weighted by molar-refractivity contribution is 5.47. The number of nitrogens with two attached hydrogens (primary N) is 1. The summed E-state index contributed by atoms with van der Waals surface area (Å²) >= 11 is 0. The molecule has 76 valence electrons. The summed E-state index contributed by atoms with van der Waals surface area (Å²) < 4.78 is 11.0. The van der Waals surface area contributed by atoms with Crippen LogP contribution in [0, 0.1) is 0 Å². The van der Waals surface area contributed by atoms with Crippen LogP contribution in [0.15, 0.2) is 18.2 Å². The first-order valence-corrected chi connectivity index (χ1v) is 4.87. The number of rotatable bonds is 2. The Morgan fingerprint density at radius 3 is 3.14 bits per heavy atom. The highest BCUT2D eigenvalue weighted by Gasteiger charge is 2.21. The molecular weight excluding hydrogens is 178 g/mol. The predicted molar refractivity (Wildman–Crippen MR) is 54.8 cm³/mol. The number of para-hydroxylation sites is 1. The number of benzene rings is 1. The summed E-state index contributed by atoms with van der Waals surface area (Å²) in [4.78, 5) is 0. The Hall–Kier alpha value is -1.22. The molecule has 3 nitrogen and oxygen atoms in total. The van der Waals surface area contributed by atoms with E-state index in [-0.39, 0.29) is 6.10 Å². The Labute approximate surface area is 83.8 Å². The minimum absolute atomic E-state index is 0.138. The van der Waals surface area contributed by atoms with Crippen LogP contribution in [-0.4, -0.2) is 19.8 Å². The van der Waals surface area contributed by atoms with E-state index in [2.05, 4.69) is 6.07 Å². The maximum absolute atomic E-state index is 5.75. The fourth-order valence-electron chi connectivity index (χ4n) is 1.76. The van der Waals surface area contributed by atoms with Crippen molar-refractivity contribution in [2.75, 3.05) is 13.7 Å². The molecule has 2 N–H and O–H groups in total. The molecule has 1 atom stereocenters. The molecule has 0 aliphatic carbocycles. The van der Waals surface area contributed by atoms with Crippen molar-refractivity contribution in [1.29, 1.82) is 0 Å². The minimum atomic E-state index is 0.138. The normalized spacial score (nSPS) is 19.7. The molecule has 0 fully saturated rings. The van der Waals surface area contributed by atoms with E-state index in [9.17, 15) is 0 Å². The summed E-state index contributed by atoms with van der Waals surface area (Å²) in [6, 6.07) is 5.98. The lowest BCUT2D eigenvalue weighted by atomic mass is 10.0. The third-order valence-corrected chi connectivity index (χ3v) is 2.56. The summed E-state index contributed by atoms with van der Waals surface area (Å²) in [5.41, 5.74) is 6.80. The molecule has 0 bridgehead atoms. The Morgan fingerprint density at radius 2 is 2.43 bits per heavy atom. The summed E-state index contributed by atoms with van der Waals surface area (Å²) in [6.07, 6.45) is 2.16. The number of hydrogen-bond donors (Lipinski definition) is 1. The monoisotopic (exact) mass is 193 g/mol. The molecular formula is C11H15NO2. The van der Waals surface area contributed by atoms with Gasteiger partial charge in [-0.05, 0) is 24.5 Å². The minimum Gasteiger partial charge on any atom is -0.493 e. The fraction of sp³-hybridized carbons (Fsp3) is 0.455. The second kappa shape index (κ2) is 3.88. The summed E-state index contributed by atoms with van der Waals surface area (Å²) in [5, 5.41) is 0. The van der Waals surface area contributed by atoms with Crippen molar-refractivity contribution >= 4 is 0 Å². The first-order chi connectivity index (χ1) is 6.85. The van der Waals surface area contributed by atoms with Crippen LogP contribution in [0.1, 0.15) is 12.0 Å². The zero-order chi connectivity index (χ0) is 9.97. The van der Waals surface area contributed by atoms with Crippen molar-refractivity contribution in [1.82, 2.24) is 0 Å². The maximum atomic E-state index is 5.75. The Balaban J connectivity index is 2.33. The zero-order valence-corrected chi connectivity index (χ0v) is 8.32. The molecule has 0 spiro atoms. The quantitative estimate of drug-likeness (QED) is 0.771. The van der Waals surface area contributed by atoms with Crippen molar-refractivity contribution in [3.05, 3.63) is 23.8 Å². The Bertz CT molecular complexity index is 311. The summed E-state index contributed by atoms with van der Waals surface area (Å²) in [5.74, 6) is 1.68. The van der Waals surface area contributed by atoms with Gasteiger partial charge in [0.2, 0.25) is 0 Å². The van der Waals surface area contributed by atoms with Crippen LogP contribution in [0.4, 0.5) is 0 Å². The van der Waals surface area contributed by atoms with E-state index in [4.69, 9.17) is 15.2 Å². The van der Waals surface area contributed by atoms with Gasteiger partial charge in [0.1, 0.15) is 6.10 Å². The molecule has 1 aromatic carbocycles. The number of fused-ring (bicyclic) bond motifs is 1. The SMILES string of the molecule is COc1cccc2c1O[C@H](CN)CC2. The van der Waals surface area contributed by atoms with Crippen LogP contribution in [0.2, 0.25) is 0 Å². The molecule has 1 aromatic rings. The standard InChI is InChI=1S/C11H15NO2/c1-13-10-4-2-3-8-5-6-9(7-12)14-11(8)10/h2-4,9H,5-7,12H2,1H3/t9-/m0/s1. The largest absolute Gasteiger partial charge is 0.493 e. The van der Waals surface area contributed by atoms with Crippen molar-refractivity contribution in [2.24, 2.45) is 5.73 Å². The summed E-state index contributed by atoms with van der Waals surface area (Å²) in [6.45, 7) is 0.567. The van der Waals surface area contributed by atoms with Crippen LogP contribution in [0.3, 0.4) is 0 Å². The van der Waals surface area contributed by atoms with Gasteiger partial charge in [-0.3, -0.25) is 0 Å². The van der Waals surface area contributed by atoms with Gasteiger partial charge in [-0.1, -0.05) is 12.1 Å². The Morgan fingerprint density at radius 1 is 1.57 bits per heavy atom. The molecule has 0 amide bonds. The molecule has 0 saturated heterocycles. The smallest absolute Gasteiger partial charge is 0.164 e. The molecule has 1 heterocycles. The average Bonchev–Trinajstić information content (AvgIpc) is 2.27. The number of ether oxygens (including phenoxy) is 2. The number of methoxy groups -OCH3 is 1. The fourth-order valence-corrected chi connectivity index (χ4v) is 1.76. The molecule has 14 heavy (non-hydrogen) atoms. The molecule has 1 aliphatic heterocycles. The molecule has 1 aliphatic rings. The molecule has 0 saturated carbocycles. The van der Waals surface area contributed by atoms with Gasteiger partial charge in [-0.2, -0.15) is 0 Å².